The molecule has 0 saturated carbocycles. The van der Waals surface area contributed by atoms with Gasteiger partial charge in [0.2, 0.25) is 0 Å². The average Bonchev–Trinajstić information content (AvgIpc) is 2.50. The van der Waals surface area contributed by atoms with Crippen LogP contribution in [-0.4, -0.2) is 16.3 Å². The molecule has 0 bridgehead atoms. The van der Waals surface area contributed by atoms with E-state index in [-0.39, 0.29) is 0 Å². The van der Waals surface area contributed by atoms with Crippen LogP contribution in [0.15, 0.2) is 18.5 Å². The topological polar surface area (TPSA) is 43.8 Å². The van der Waals surface area contributed by atoms with Crippen molar-refractivity contribution in [1.82, 2.24) is 9.78 Å². The molecular formula is C9H15N3. The molecule has 0 aliphatic rings. The molecule has 0 unspecified atom stereocenters. The first-order chi connectivity index (χ1) is 5.86. The second-order valence-electron chi connectivity index (χ2n) is 2.67. The van der Waals surface area contributed by atoms with Gasteiger partial charge in [-0.3, -0.25) is 4.68 Å². The quantitative estimate of drug-likeness (QED) is 0.730. The summed E-state index contributed by atoms with van der Waals surface area (Å²) in [4.78, 5) is 0. The van der Waals surface area contributed by atoms with E-state index in [1.54, 1.807) is 0 Å². The lowest BCUT2D eigenvalue weighted by Crippen LogP contribution is -1.95. The van der Waals surface area contributed by atoms with Crippen molar-refractivity contribution < 1.29 is 0 Å². The van der Waals surface area contributed by atoms with Gasteiger partial charge in [0.25, 0.3) is 0 Å². The molecule has 0 saturated heterocycles. The van der Waals surface area contributed by atoms with Gasteiger partial charge in [-0.25, -0.2) is 0 Å². The Balaban J connectivity index is 2.57. The summed E-state index contributed by atoms with van der Waals surface area (Å²) < 4.78 is 1.94. The normalized spacial score (nSPS) is 11.2. The Kier molecular flexibility index (Phi) is 3.54. The molecule has 0 amide bonds. The monoisotopic (exact) mass is 165 g/mol. The van der Waals surface area contributed by atoms with Crippen molar-refractivity contribution >= 4 is 6.08 Å². The summed E-state index contributed by atoms with van der Waals surface area (Å²) in [7, 11) is 0. The molecule has 12 heavy (non-hydrogen) atoms. The first-order valence-electron chi connectivity index (χ1n) is 4.26. The molecule has 0 spiro atoms. The van der Waals surface area contributed by atoms with E-state index in [0.717, 1.165) is 18.5 Å². The number of nitrogens with two attached hydrogens (primary N) is 1. The minimum absolute atomic E-state index is 0.582. The lowest BCUT2D eigenvalue weighted by atomic mass is 10.3. The number of hydrogen-bond donors (Lipinski definition) is 1. The molecule has 0 fully saturated rings. The lowest BCUT2D eigenvalue weighted by Gasteiger charge is -1.93. The fourth-order valence-electron chi connectivity index (χ4n) is 1.02. The van der Waals surface area contributed by atoms with Crippen LogP contribution in [0.2, 0.25) is 0 Å². The van der Waals surface area contributed by atoms with Crippen molar-refractivity contribution in [2.24, 2.45) is 5.73 Å². The maximum absolute atomic E-state index is 5.33. The Morgan fingerprint density at radius 2 is 2.50 bits per heavy atom. The van der Waals surface area contributed by atoms with Crippen LogP contribution in [0.4, 0.5) is 0 Å². The summed E-state index contributed by atoms with van der Waals surface area (Å²) in [6.45, 7) is 3.70. The molecule has 0 aliphatic carbocycles. The highest BCUT2D eigenvalue weighted by molar-refractivity contribution is 5.46. The fourth-order valence-corrected chi connectivity index (χ4v) is 1.02. The van der Waals surface area contributed by atoms with Gasteiger partial charge < -0.3 is 5.73 Å². The summed E-state index contributed by atoms with van der Waals surface area (Å²) in [6.07, 6.45) is 8.89. The van der Waals surface area contributed by atoms with Gasteiger partial charge >= 0.3 is 0 Å². The predicted octanol–water partition coefficient (Wildman–Crippen LogP) is 1.26. The van der Waals surface area contributed by atoms with Crippen LogP contribution in [0.3, 0.4) is 0 Å². The third-order valence-electron chi connectivity index (χ3n) is 1.55. The predicted molar refractivity (Wildman–Crippen MR) is 50.6 cm³/mol. The van der Waals surface area contributed by atoms with Gasteiger partial charge in [0, 0.05) is 24.8 Å². The first-order valence-corrected chi connectivity index (χ1v) is 4.26. The van der Waals surface area contributed by atoms with E-state index in [0.29, 0.717) is 6.54 Å². The Morgan fingerprint density at radius 3 is 3.17 bits per heavy atom. The highest BCUT2D eigenvalue weighted by Gasteiger charge is 1.91. The standard InChI is InChI=1S/C9H15N3/c1-2-6-12-8-9(7-11-12)4-3-5-10/h3-4,7-8H,2,5-6,10H2,1H3. The highest BCUT2D eigenvalue weighted by atomic mass is 15.3. The summed E-state index contributed by atoms with van der Waals surface area (Å²) >= 11 is 0. The summed E-state index contributed by atoms with van der Waals surface area (Å²) in [5.74, 6) is 0. The van der Waals surface area contributed by atoms with Crippen molar-refractivity contribution in [3.63, 3.8) is 0 Å². The molecule has 0 aromatic carbocycles. The van der Waals surface area contributed by atoms with Crippen molar-refractivity contribution in [2.45, 2.75) is 19.9 Å². The third kappa shape index (κ3) is 2.51. The zero-order chi connectivity index (χ0) is 8.81. The van der Waals surface area contributed by atoms with Gasteiger partial charge in [0.05, 0.1) is 6.20 Å². The number of aryl methyl sites for hydroxylation is 1. The van der Waals surface area contributed by atoms with E-state index in [9.17, 15) is 0 Å². The number of aromatic nitrogens is 2. The van der Waals surface area contributed by atoms with E-state index in [2.05, 4.69) is 12.0 Å². The van der Waals surface area contributed by atoms with E-state index in [1.807, 2.05) is 29.2 Å². The molecule has 1 rings (SSSR count). The molecular weight excluding hydrogens is 150 g/mol. The maximum atomic E-state index is 5.33. The minimum atomic E-state index is 0.582. The van der Waals surface area contributed by atoms with Gasteiger partial charge in [-0.05, 0) is 6.42 Å². The van der Waals surface area contributed by atoms with Crippen molar-refractivity contribution in [3.05, 3.63) is 24.0 Å². The molecule has 1 aromatic rings. The molecule has 1 heterocycles. The van der Waals surface area contributed by atoms with Gasteiger partial charge in [0.15, 0.2) is 0 Å². The Hall–Kier alpha value is -1.09. The van der Waals surface area contributed by atoms with E-state index < -0.39 is 0 Å². The van der Waals surface area contributed by atoms with Gasteiger partial charge in [-0.15, -0.1) is 0 Å². The van der Waals surface area contributed by atoms with Gasteiger partial charge in [-0.1, -0.05) is 19.1 Å². The van der Waals surface area contributed by atoms with Crippen molar-refractivity contribution in [3.8, 4) is 0 Å². The number of rotatable bonds is 4. The number of hydrogen-bond acceptors (Lipinski definition) is 2. The summed E-state index contributed by atoms with van der Waals surface area (Å²) in [5, 5.41) is 4.18. The van der Waals surface area contributed by atoms with E-state index in [4.69, 9.17) is 5.73 Å². The number of nitrogens with zero attached hydrogens (tertiary/aromatic N) is 2. The highest BCUT2D eigenvalue weighted by Crippen LogP contribution is 2.00. The summed E-state index contributed by atoms with van der Waals surface area (Å²) in [6, 6.07) is 0. The van der Waals surface area contributed by atoms with Crippen LogP contribution >= 0.6 is 0 Å². The molecule has 0 aliphatic heterocycles. The molecule has 2 N–H and O–H groups in total. The fraction of sp³-hybridized carbons (Fsp3) is 0.444. The van der Waals surface area contributed by atoms with Crippen LogP contribution in [0.1, 0.15) is 18.9 Å². The zero-order valence-corrected chi connectivity index (χ0v) is 7.40. The Morgan fingerprint density at radius 1 is 1.67 bits per heavy atom. The molecule has 0 radical (unpaired) electrons. The molecule has 66 valence electrons. The van der Waals surface area contributed by atoms with E-state index >= 15 is 0 Å². The third-order valence-corrected chi connectivity index (χ3v) is 1.55. The Bertz CT molecular complexity index is 250. The molecule has 0 atom stereocenters. The minimum Gasteiger partial charge on any atom is -0.327 e. The largest absolute Gasteiger partial charge is 0.327 e. The molecule has 3 nitrogen and oxygen atoms in total. The second kappa shape index (κ2) is 4.72. The SMILES string of the molecule is CCCn1cc(C=CCN)cn1. The van der Waals surface area contributed by atoms with Crippen LogP contribution in [-0.2, 0) is 6.54 Å². The maximum Gasteiger partial charge on any atom is 0.0562 e. The smallest absolute Gasteiger partial charge is 0.0562 e. The Labute approximate surface area is 72.9 Å². The van der Waals surface area contributed by atoms with Crippen LogP contribution in [0, 0.1) is 0 Å². The summed E-state index contributed by atoms with van der Waals surface area (Å²) in [5.41, 5.74) is 6.45. The van der Waals surface area contributed by atoms with Crippen LogP contribution < -0.4 is 5.73 Å². The average molecular weight is 165 g/mol. The second-order valence-corrected chi connectivity index (χ2v) is 2.67. The van der Waals surface area contributed by atoms with Crippen molar-refractivity contribution in [1.29, 1.82) is 0 Å². The van der Waals surface area contributed by atoms with Gasteiger partial charge in [0.1, 0.15) is 0 Å². The van der Waals surface area contributed by atoms with Crippen molar-refractivity contribution in [2.75, 3.05) is 6.54 Å². The van der Waals surface area contributed by atoms with Crippen LogP contribution in [0.5, 0.6) is 0 Å². The first kappa shape index (κ1) is 9.00. The lowest BCUT2D eigenvalue weighted by molar-refractivity contribution is 0.602. The molecule has 3 heteroatoms. The van der Waals surface area contributed by atoms with E-state index in [1.165, 1.54) is 0 Å². The van der Waals surface area contributed by atoms with Gasteiger partial charge in [-0.2, -0.15) is 5.10 Å². The zero-order valence-electron chi connectivity index (χ0n) is 7.40. The van der Waals surface area contributed by atoms with Crippen LogP contribution in [0.25, 0.3) is 6.08 Å². The molecule has 1 aromatic heterocycles.